The van der Waals surface area contributed by atoms with Crippen LogP contribution in [0.1, 0.15) is 44.4 Å². The molecule has 0 N–H and O–H groups in total. The van der Waals surface area contributed by atoms with Gasteiger partial charge in [-0.3, -0.25) is 14.6 Å². The van der Waals surface area contributed by atoms with Crippen LogP contribution in [0.25, 0.3) is 17.0 Å². The molecule has 0 aliphatic carbocycles. The maximum absolute atomic E-state index is 12.8. The van der Waals surface area contributed by atoms with Gasteiger partial charge in [0.25, 0.3) is 11.8 Å². The van der Waals surface area contributed by atoms with Gasteiger partial charge in [-0.1, -0.05) is 38.5 Å². The van der Waals surface area contributed by atoms with E-state index in [0.29, 0.717) is 6.54 Å². The maximum Gasteiger partial charge on any atom is 0.278 e. The van der Waals surface area contributed by atoms with E-state index in [4.69, 9.17) is 0 Å². The third-order valence-corrected chi connectivity index (χ3v) is 5.09. The zero-order valence-electron chi connectivity index (χ0n) is 16.1. The van der Waals surface area contributed by atoms with Crippen molar-refractivity contribution in [3.8, 4) is 0 Å². The summed E-state index contributed by atoms with van der Waals surface area (Å²) in [5, 5.41) is 4.09. The number of para-hydroxylation sites is 1. The largest absolute Gasteiger partial charge is 0.344 e. The Bertz CT molecular complexity index is 879. The highest BCUT2D eigenvalue weighted by Gasteiger charge is 2.38. The first-order chi connectivity index (χ1) is 12.5. The minimum absolute atomic E-state index is 0.197. The monoisotopic (exact) mass is 353 g/mol. The van der Waals surface area contributed by atoms with Crippen LogP contribution in [-0.2, 0) is 16.1 Å². The van der Waals surface area contributed by atoms with Gasteiger partial charge in [-0.2, -0.15) is 0 Å². The number of hydrazine groups is 1. The van der Waals surface area contributed by atoms with Crippen molar-refractivity contribution in [2.45, 2.75) is 46.6 Å². The van der Waals surface area contributed by atoms with Crippen LogP contribution in [0, 0.1) is 6.92 Å². The topological polar surface area (TPSA) is 45.6 Å². The molecule has 0 bridgehead atoms. The minimum Gasteiger partial charge on any atom is -0.344 e. The van der Waals surface area contributed by atoms with Crippen molar-refractivity contribution in [3.05, 3.63) is 41.1 Å². The number of carbonyl (C=O) groups excluding carboxylic acids is 2. The van der Waals surface area contributed by atoms with Crippen LogP contribution >= 0.6 is 0 Å². The first-order valence-electron chi connectivity index (χ1n) is 9.40. The standard InChI is InChI=1S/C21H27N3O2/c1-5-7-13-24-21(26)18(20(25)22(24)4)14-17-15(3)23(12-6-2)19-11-9-8-10-16(17)19/h8-11,14H,5-7,12-13H2,1-4H3/b18-14-. The molecule has 5 heteroatoms. The maximum atomic E-state index is 12.8. The molecule has 2 amide bonds. The molecule has 5 nitrogen and oxygen atoms in total. The van der Waals surface area contributed by atoms with E-state index in [-0.39, 0.29) is 17.4 Å². The molecule has 1 aliphatic rings. The summed E-state index contributed by atoms with van der Waals surface area (Å²) in [5.74, 6) is -0.421. The molecule has 0 radical (unpaired) electrons. The summed E-state index contributed by atoms with van der Waals surface area (Å²) in [6, 6.07) is 8.18. The second-order valence-electron chi connectivity index (χ2n) is 6.84. The number of unbranched alkanes of at least 4 members (excludes halogenated alkanes) is 1. The van der Waals surface area contributed by atoms with Crippen molar-refractivity contribution in [1.82, 2.24) is 14.6 Å². The predicted molar refractivity (Wildman–Crippen MR) is 104 cm³/mol. The van der Waals surface area contributed by atoms with Crippen LogP contribution in [0.15, 0.2) is 29.8 Å². The van der Waals surface area contributed by atoms with Gasteiger partial charge in [-0.25, -0.2) is 5.01 Å². The number of aromatic nitrogens is 1. The Morgan fingerprint density at radius 2 is 1.73 bits per heavy atom. The van der Waals surface area contributed by atoms with Crippen LogP contribution in [-0.4, -0.2) is 40.0 Å². The van der Waals surface area contributed by atoms with Crippen LogP contribution in [0.5, 0.6) is 0 Å². The van der Waals surface area contributed by atoms with Gasteiger partial charge < -0.3 is 4.57 Å². The van der Waals surface area contributed by atoms with Crippen LogP contribution < -0.4 is 0 Å². The summed E-state index contributed by atoms with van der Waals surface area (Å²) in [6.07, 6.45) is 4.68. The van der Waals surface area contributed by atoms with Crippen molar-refractivity contribution >= 4 is 28.8 Å². The predicted octanol–water partition coefficient (Wildman–Crippen LogP) is 3.76. The number of rotatable bonds is 6. The normalized spacial score (nSPS) is 16.5. The molecule has 2 heterocycles. The van der Waals surface area contributed by atoms with Gasteiger partial charge in [-0.05, 0) is 31.9 Å². The molecule has 0 saturated carbocycles. The van der Waals surface area contributed by atoms with Gasteiger partial charge in [0.05, 0.1) is 0 Å². The third kappa shape index (κ3) is 2.91. The van der Waals surface area contributed by atoms with E-state index in [1.54, 1.807) is 18.1 Å². The Morgan fingerprint density at radius 1 is 1.00 bits per heavy atom. The Hall–Kier alpha value is -2.56. The summed E-state index contributed by atoms with van der Waals surface area (Å²) in [7, 11) is 1.67. The van der Waals surface area contributed by atoms with Crippen molar-refractivity contribution in [2.24, 2.45) is 0 Å². The third-order valence-electron chi connectivity index (χ3n) is 5.09. The second-order valence-corrected chi connectivity index (χ2v) is 6.84. The molecule has 138 valence electrons. The minimum atomic E-state index is -0.224. The average Bonchev–Trinajstić information content (AvgIpc) is 3.01. The molecule has 0 unspecified atom stereocenters. The average molecular weight is 353 g/mol. The molecule has 2 aromatic rings. The van der Waals surface area contributed by atoms with Gasteiger partial charge in [0.2, 0.25) is 0 Å². The number of carbonyl (C=O) groups is 2. The van der Waals surface area contributed by atoms with E-state index < -0.39 is 0 Å². The van der Waals surface area contributed by atoms with E-state index in [9.17, 15) is 9.59 Å². The first kappa shape index (κ1) is 18.2. The van der Waals surface area contributed by atoms with E-state index >= 15 is 0 Å². The zero-order chi connectivity index (χ0) is 18.8. The summed E-state index contributed by atoms with van der Waals surface area (Å²) < 4.78 is 2.27. The molecular weight excluding hydrogens is 326 g/mol. The Morgan fingerprint density at radius 3 is 2.42 bits per heavy atom. The number of hydrogen-bond donors (Lipinski definition) is 0. The van der Waals surface area contributed by atoms with E-state index in [2.05, 4.69) is 37.5 Å². The highest BCUT2D eigenvalue weighted by atomic mass is 16.2. The number of aryl methyl sites for hydroxylation is 1. The zero-order valence-corrected chi connectivity index (χ0v) is 16.1. The van der Waals surface area contributed by atoms with E-state index in [1.165, 1.54) is 5.01 Å². The lowest BCUT2D eigenvalue weighted by Gasteiger charge is -2.22. The number of hydrogen-bond acceptors (Lipinski definition) is 2. The molecule has 1 aromatic heterocycles. The number of likely N-dealkylation sites (N-methyl/N-ethyl adjacent to an activating group) is 1. The highest BCUT2D eigenvalue weighted by molar-refractivity contribution is 6.25. The molecule has 1 aromatic carbocycles. The lowest BCUT2D eigenvalue weighted by molar-refractivity contribution is -0.143. The summed E-state index contributed by atoms with van der Waals surface area (Å²) in [6.45, 7) is 7.78. The lowest BCUT2D eigenvalue weighted by atomic mass is 10.1. The van der Waals surface area contributed by atoms with Gasteiger partial charge in [0.1, 0.15) is 5.57 Å². The number of nitrogens with zero attached hydrogens (tertiary/aromatic N) is 3. The van der Waals surface area contributed by atoms with Crippen molar-refractivity contribution in [3.63, 3.8) is 0 Å². The Balaban J connectivity index is 2.09. The summed E-state index contributed by atoms with van der Waals surface area (Å²) >= 11 is 0. The van der Waals surface area contributed by atoms with Crippen molar-refractivity contribution in [1.29, 1.82) is 0 Å². The molecule has 0 spiro atoms. The number of amides is 2. The van der Waals surface area contributed by atoms with Crippen LogP contribution in [0.4, 0.5) is 0 Å². The number of fused-ring (bicyclic) bond motifs is 1. The molecule has 3 rings (SSSR count). The number of benzene rings is 1. The Labute approximate surface area is 154 Å². The van der Waals surface area contributed by atoms with E-state index in [1.807, 2.05) is 12.1 Å². The molecule has 0 atom stereocenters. The smallest absolute Gasteiger partial charge is 0.278 e. The first-order valence-corrected chi connectivity index (χ1v) is 9.40. The second kappa shape index (κ2) is 7.36. The van der Waals surface area contributed by atoms with Crippen molar-refractivity contribution < 1.29 is 9.59 Å². The molecular formula is C21H27N3O2. The molecule has 1 fully saturated rings. The fraction of sp³-hybridized carbons (Fsp3) is 0.429. The molecule has 1 saturated heterocycles. The quantitative estimate of drug-likeness (QED) is 0.586. The Kier molecular flexibility index (Phi) is 5.16. The molecule has 1 aliphatic heterocycles. The van der Waals surface area contributed by atoms with Crippen molar-refractivity contribution in [2.75, 3.05) is 13.6 Å². The van der Waals surface area contributed by atoms with E-state index in [0.717, 1.165) is 48.0 Å². The summed E-state index contributed by atoms with van der Waals surface area (Å²) in [5.41, 5.74) is 3.46. The molecule has 26 heavy (non-hydrogen) atoms. The van der Waals surface area contributed by atoms with Gasteiger partial charge >= 0.3 is 0 Å². The highest BCUT2D eigenvalue weighted by Crippen LogP contribution is 2.30. The van der Waals surface area contributed by atoms with Crippen LogP contribution in [0.2, 0.25) is 0 Å². The SMILES string of the molecule is CCCCN1C(=O)/C(=C\c2c(C)n(CCC)c3ccccc23)C(=O)N1C. The lowest BCUT2D eigenvalue weighted by Crippen LogP contribution is -2.38. The van der Waals surface area contributed by atoms with Gasteiger partial charge in [0, 0.05) is 42.3 Å². The van der Waals surface area contributed by atoms with Crippen LogP contribution in [0.3, 0.4) is 0 Å². The summed E-state index contributed by atoms with van der Waals surface area (Å²) in [4.78, 5) is 25.5. The van der Waals surface area contributed by atoms with Gasteiger partial charge in [0.15, 0.2) is 0 Å². The fourth-order valence-corrected chi connectivity index (χ4v) is 3.63. The fourth-order valence-electron chi connectivity index (χ4n) is 3.63. The van der Waals surface area contributed by atoms with Gasteiger partial charge in [-0.15, -0.1) is 0 Å².